The number of phenols is 1. The fraction of sp³-hybridized carbons (Fsp3) is 0.375. The predicted octanol–water partition coefficient (Wildman–Crippen LogP) is 8.76. The van der Waals surface area contributed by atoms with E-state index in [1.165, 1.54) is 5.56 Å². The van der Waals surface area contributed by atoms with Crippen molar-refractivity contribution < 1.29 is 28.8 Å². The number of imide groups is 1. The highest BCUT2D eigenvalue weighted by molar-refractivity contribution is 6.99. The van der Waals surface area contributed by atoms with Crippen LogP contribution in [0.5, 0.6) is 5.75 Å². The standard InChI is InChI=1S/C56H64BN3O6Si/c1-38-31-41(32-39(2)53(38)61)33-42(49-23-15-16-28-58-49)24-25-50-51-43(37-65-67(56(3,4)5,45-19-11-7-12-20-45)46-21-13-8-14-22-46)34-47-52(48(51)35-57(64)66-50)55(63)60(54(47)62)44-26-29-59(30-27-44)36-40-17-9-6-10-18-40/h6-23,28,31-33,44,47-48,50,52,61,64H,24-27,29-30,34-37H2,1-5H3/b42-33-/t47-,48+,50-,52-/m1/s1. The molecule has 0 radical (unpaired) electrons. The van der Waals surface area contributed by atoms with Crippen molar-refractivity contribution in [2.75, 3.05) is 19.7 Å². The number of aryl methyl sites for hydroxylation is 2. The van der Waals surface area contributed by atoms with Gasteiger partial charge in [0, 0.05) is 31.9 Å². The number of benzene rings is 4. The summed E-state index contributed by atoms with van der Waals surface area (Å²) in [5, 5.41) is 24.3. The third kappa shape index (κ3) is 9.41. The smallest absolute Gasteiger partial charge is 0.455 e. The summed E-state index contributed by atoms with van der Waals surface area (Å²) in [5.41, 5.74) is 7.62. The average molecular weight is 914 g/mol. The van der Waals surface area contributed by atoms with Gasteiger partial charge in [0.05, 0.1) is 30.2 Å². The van der Waals surface area contributed by atoms with E-state index in [0.29, 0.717) is 19.3 Å². The lowest BCUT2D eigenvalue weighted by molar-refractivity contribution is -0.144. The molecule has 0 unspecified atom stereocenters. The van der Waals surface area contributed by atoms with Crippen molar-refractivity contribution in [3.8, 4) is 5.75 Å². The van der Waals surface area contributed by atoms with Crippen LogP contribution in [0.3, 0.4) is 0 Å². The first-order chi connectivity index (χ1) is 32.3. The van der Waals surface area contributed by atoms with Crippen LogP contribution in [0.4, 0.5) is 0 Å². The molecule has 0 saturated carbocycles. The van der Waals surface area contributed by atoms with Gasteiger partial charge >= 0.3 is 7.12 Å². The van der Waals surface area contributed by atoms with Crippen molar-refractivity contribution in [2.24, 2.45) is 17.8 Å². The molecule has 11 heteroatoms. The zero-order valence-corrected chi connectivity index (χ0v) is 40.6. The number of aromatic hydroxyl groups is 1. The Morgan fingerprint density at radius 3 is 2.06 bits per heavy atom. The van der Waals surface area contributed by atoms with Crippen LogP contribution >= 0.6 is 0 Å². The number of pyridine rings is 1. The summed E-state index contributed by atoms with van der Waals surface area (Å²) in [7, 11) is -4.14. The van der Waals surface area contributed by atoms with E-state index >= 15 is 4.79 Å². The van der Waals surface area contributed by atoms with E-state index in [1.54, 1.807) is 11.1 Å². The number of likely N-dealkylation sites (tertiary alicyclic amines) is 2. The van der Waals surface area contributed by atoms with Gasteiger partial charge in [-0.05, 0) is 143 Å². The molecule has 9 nitrogen and oxygen atoms in total. The van der Waals surface area contributed by atoms with Crippen molar-refractivity contribution in [3.05, 3.63) is 167 Å². The fourth-order valence-corrected chi connectivity index (χ4v) is 16.3. The lowest BCUT2D eigenvalue weighted by Gasteiger charge is -2.46. The Bertz CT molecular complexity index is 2550. The number of nitrogens with zero attached hydrogens (tertiary/aromatic N) is 3. The number of carbonyl (C=O) groups is 2. The molecule has 67 heavy (non-hydrogen) atoms. The molecule has 2 N–H and O–H groups in total. The molecule has 4 aromatic carbocycles. The number of aromatic nitrogens is 1. The van der Waals surface area contributed by atoms with Crippen LogP contribution in [0.1, 0.15) is 80.8 Å². The molecular formula is C56H64BN3O6Si. The number of fused-ring (bicyclic) bond motifs is 3. The normalized spacial score (nSPS) is 22.0. The Kier molecular flexibility index (Phi) is 13.7. The van der Waals surface area contributed by atoms with Crippen molar-refractivity contribution in [1.82, 2.24) is 14.8 Å². The van der Waals surface area contributed by atoms with Crippen molar-refractivity contribution in [2.45, 2.75) is 96.8 Å². The Morgan fingerprint density at radius 1 is 0.851 bits per heavy atom. The molecule has 0 bridgehead atoms. The molecule has 3 saturated heterocycles. The van der Waals surface area contributed by atoms with E-state index in [1.807, 2.05) is 62.4 Å². The molecule has 3 aliphatic heterocycles. The molecule has 4 heterocycles. The second-order valence-corrected chi connectivity index (χ2v) is 24.5. The lowest BCUT2D eigenvalue weighted by Crippen LogP contribution is -2.66. The monoisotopic (exact) mass is 913 g/mol. The number of hydrogen-bond acceptors (Lipinski definition) is 8. The van der Waals surface area contributed by atoms with Crippen LogP contribution in [-0.4, -0.2) is 84.0 Å². The van der Waals surface area contributed by atoms with E-state index in [2.05, 4.69) is 105 Å². The zero-order chi connectivity index (χ0) is 46.9. The maximum absolute atomic E-state index is 15.0. The van der Waals surface area contributed by atoms with E-state index in [9.17, 15) is 14.9 Å². The Morgan fingerprint density at radius 2 is 1.46 bits per heavy atom. The van der Waals surface area contributed by atoms with Gasteiger partial charge in [-0.1, -0.05) is 118 Å². The summed E-state index contributed by atoms with van der Waals surface area (Å²) in [6.45, 7) is 13.3. The number of hydrogen-bond donors (Lipinski definition) is 2. The molecule has 4 aliphatic rings. The zero-order valence-electron chi connectivity index (χ0n) is 39.6. The highest BCUT2D eigenvalue weighted by atomic mass is 28.4. The highest BCUT2D eigenvalue weighted by Gasteiger charge is 2.59. The third-order valence-corrected chi connectivity index (χ3v) is 19.9. The summed E-state index contributed by atoms with van der Waals surface area (Å²) >= 11 is 0. The highest BCUT2D eigenvalue weighted by Crippen LogP contribution is 2.52. The minimum Gasteiger partial charge on any atom is -0.507 e. The van der Waals surface area contributed by atoms with Crippen LogP contribution in [0.25, 0.3) is 11.6 Å². The number of phenolic OH excluding ortho intramolecular Hbond substituents is 1. The first kappa shape index (κ1) is 46.7. The summed E-state index contributed by atoms with van der Waals surface area (Å²) in [4.78, 5) is 38.8. The second-order valence-electron chi connectivity index (χ2n) is 20.2. The summed E-state index contributed by atoms with van der Waals surface area (Å²) in [6, 6.07) is 41.3. The molecule has 9 rings (SSSR count). The van der Waals surface area contributed by atoms with Gasteiger partial charge in [-0.25, -0.2) is 0 Å². The number of piperidine rings is 1. The number of amides is 2. The fourth-order valence-electron chi connectivity index (χ4n) is 11.8. The van der Waals surface area contributed by atoms with Gasteiger partial charge in [-0.2, -0.15) is 0 Å². The molecule has 0 spiro atoms. The maximum Gasteiger partial charge on any atom is 0.455 e. The van der Waals surface area contributed by atoms with Gasteiger partial charge in [0.1, 0.15) is 5.75 Å². The number of rotatable bonds is 13. The lowest BCUT2D eigenvalue weighted by atomic mass is 9.58. The van der Waals surface area contributed by atoms with Gasteiger partial charge < -0.3 is 19.2 Å². The Hall–Kier alpha value is -5.43. The van der Waals surface area contributed by atoms with Gasteiger partial charge in [-0.15, -0.1) is 0 Å². The summed E-state index contributed by atoms with van der Waals surface area (Å²) < 4.78 is 14.3. The van der Waals surface area contributed by atoms with Crippen LogP contribution in [0, 0.1) is 31.6 Å². The molecule has 5 aromatic rings. The molecule has 3 fully saturated rings. The van der Waals surface area contributed by atoms with Gasteiger partial charge in [0.15, 0.2) is 0 Å². The quantitative estimate of drug-likeness (QED) is 0.0686. The number of carbonyl (C=O) groups excluding carboxylic acids is 2. The van der Waals surface area contributed by atoms with Crippen LogP contribution in [-0.2, 0) is 25.2 Å². The second kappa shape index (κ2) is 19.7. The third-order valence-electron chi connectivity index (χ3n) is 14.9. The average Bonchev–Trinajstić information content (AvgIpc) is 3.58. The van der Waals surface area contributed by atoms with Gasteiger partial charge in [0.2, 0.25) is 11.8 Å². The van der Waals surface area contributed by atoms with Crippen LogP contribution in [0.2, 0.25) is 11.4 Å². The van der Waals surface area contributed by atoms with Gasteiger partial charge in [-0.3, -0.25) is 24.4 Å². The molecule has 346 valence electrons. The minimum atomic E-state index is -3.03. The first-order valence-electron chi connectivity index (χ1n) is 24.2. The van der Waals surface area contributed by atoms with Crippen LogP contribution in [0.15, 0.2) is 139 Å². The van der Waals surface area contributed by atoms with Crippen molar-refractivity contribution >= 4 is 49.3 Å². The van der Waals surface area contributed by atoms with Crippen LogP contribution < -0.4 is 10.4 Å². The SMILES string of the molecule is Cc1cc(/C=C(/CC[C@H]2OB(O)C[C@H]3C2=C(CO[Si](c2ccccc2)(c2ccccc2)C(C)(C)C)C[C@H]2C(=O)N(C4CCN(Cc5ccccc5)CC4)C(=O)[C@H]23)c2ccccn2)cc(C)c1O. The van der Waals surface area contributed by atoms with Crippen molar-refractivity contribution in [1.29, 1.82) is 0 Å². The Labute approximate surface area is 397 Å². The van der Waals surface area contributed by atoms with E-state index in [0.717, 1.165) is 82.0 Å². The molecule has 1 aliphatic carbocycles. The van der Waals surface area contributed by atoms with Gasteiger partial charge in [0.25, 0.3) is 8.32 Å². The van der Waals surface area contributed by atoms with E-state index < -0.39 is 39.3 Å². The topological polar surface area (TPSA) is 112 Å². The summed E-state index contributed by atoms with van der Waals surface area (Å²) in [5.74, 6) is -1.43. The van der Waals surface area contributed by atoms with E-state index in [4.69, 9.17) is 14.1 Å². The minimum absolute atomic E-state index is 0.0871. The predicted molar refractivity (Wildman–Crippen MR) is 269 cm³/mol. The van der Waals surface area contributed by atoms with E-state index in [-0.39, 0.29) is 41.6 Å². The summed E-state index contributed by atoms with van der Waals surface area (Å²) in [6.07, 6.45) is 6.53. The maximum atomic E-state index is 15.0. The molecule has 2 amide bonds. The first-order valence-corrected chi connectivity index (χ1v) is 26.1. The Balaban J connectivity index is 1.08. The molecular weight excluding hydrogens is 850 g/mol. The number of allylic oxidation sites excluding steroid dienone is 1. The largest absolute Gasteiger partial charge is 0.507 e. The van der Waals surface area contributed by atoms with Crippen molar-refractivity contribution in [3.63, 3.8) is 0 Å². The molecule has 1 aromatic heterocycles. The molecule has 4 atom stereocenters.